The molecule has 2 rings (SSSR count). The molecule has 0 radical (unpaired) electrons. The standard InChI is InChI=1S/C20H33ClN4S/c1-22-20(23-11-4-5-13-26-3)24-15-17-9-7-12-25(2)19(17)16-8-6-10-18(21)14-16/h6,8,10,14,17,19H,4-5,7,9,11-13,15H2,1-3H3,(H2,22,23,24). The van der Waals surface area contributed by atoms with E-state index in [-0.39, 0.29) is 0 Å². The molecule has 4 nitrogen and oxygen atoms in total. The van der Waals surface area contributed by atoms with Crippen LogP contribution in [0.5, 0.6) is 0 Å². The second-order valence-electron chi connectivity index (χ2n) is 6.96. The first-order valence-corrected chi connectivity index (χ1v) is 11.3. The molecular weight excluding hydrogens is 364 g/mol. The van der Waals surface area contributed by atoms with Gasteiger partial charge < -0.3 is 10.6 Å². The second kappa shape index (κ2) is 11.7. The Bertz CT molecular complexity index is 566. The van der Waals surface area contributed by atoms with Gasteiger partial charge in [-0.25, -0.2) is 0 Å². The van der Waals surface area contributed by atoms with Gasteiger partial charge in [-0.05, 0) is 74.9 Å². The van der Waals surface area contributed by atoms with Crippen molar-refractivity contribution in [2.45, 2.75) is 31.7 Å². The van der Waals surface area contributed by atoms with Crippen LogP contribution in [0, 0.1) is 5.92 Å². The lowest BCUT2D eigenvalue weighted by atomic mass is 9.85. The van der Waals surface area contributed by atoms with Crippen molar-refractivity contribution in [1.82, 2.24) is 15.5 Å². The predicted octanol–water partition coefficient (Wildman–Crippen LogP) is 4.03. The number of nitrogens with zero attached hydrogens (tertiary/aromatic N) is 2. The monoisotopic (exact) mass is 396 g/mol. The molecule has 146 valence electrons. The van der Waals surface area contributed by atoms with Gasteiger partial charge in [-0.1, -0.05) is 23.7 Å². The van der Waals surface area contributed by atoms with Crippen LogP contribution < -0.4 is 10.6 Å². The highest BCUT2D eigenvalue weighted by Gasteiger charge is 2.30. The number of nitrogens with one attached hydrogen (secondary N) is 2. The summed E-state index contributed by atoms with van der Waals surface area (Å²) < 4.78 is 0. The molecule has 0 aliphatic carbocycles. The fraction of sp³-hybridized carbons (Fsp3) is 0.650. The molecule has 6 heteroatoms. The van der Waals surface area contributed by atoms with E-state index in [1.165, 1.54) is 37.0 Å². The molecule has 1 aromatic carbocycles. The van der Waals surface area contributed by atoms with Crippen molar-refractivity contribution in [1.29, 1.82) is 0 Å². The molecule has 0 bridgehead atoms. The maximum Gasteiger partial charge on any atom is 0.190 e. The third-order valence-corrected chi connectivity index (χ3v) is 5.95. The van der Waals surface area contributed by atoms with Gasteiger partial charge in [0, 0.05) is 31.2 Å². The summed E-state index contributed by atoms with van der Waals surface area (Å²) in [6.07, 6.45) is 7.04. The van der Waals surface area contributed by atoms with Crippen LogP contribution in [0.25, 0.3) is 0 Å². The zero-order valence-corrected chi connectivity index (χ0v) is 17.9. The van der Waals surface area contributed by atoms with E-state index in [4.69, 9.17) is 11.6 Å². The van der Waals surface area contributed by atoms with Crippen LogP contribution in [0.15, 0.2) is 29.3 Å². The fourth-order valence-electron chi connectivity index (χ4n) is 3.72. The van der Waals surface area contributed by atoms with Crippen LogP contribution in [0.3, 0.4) is 0 Å². The number of likely N-dealkylation sites (tertiary alicyclic amines) is 1. The Morgan fingerprint density at radius 2 is 2.19 bits per heavy atom. The van der Waals surface area contributed by atoms with Crippen LogP contribution in [0.2, 0.25) is 5.02 Å². The van der Waals surface area contributed by atoms with Gasteiger partial charge in [0.1, 0.15) is 0 Å². The summed E-state index contributed by atoms with van der Waals surface area (Å²) >= 11 is 8.14. The van der Waals surface area contributed by atoms with Gasteiger partial charge in [0.15, 0.2) is 5.96 Å². The number of piperidine rings is 1. The lowest BCUT2D eigenvalue weighted by molar-refractivity contribution is 0.122. The van der Waals surface area contributed by atoms with Crippen molar-refractivity contribution in [3.05, 3.63) is 34.9 Å². The molecule has 1 fully saturated rings. The normalized spacial score (nSPS) is 21.6. The molecule has 0 amide bonds. The Hall–Kier alpha value is -0.910. The van der Waals surface area contributed by atoms with Crippen molar-refractivity contribution < 1.29 is 0 Å². The van der Waals surface area contributed by atoms with Crippen LogP contribution in [-0.4, -0.2) is 56.6 Å². The van der Waals surface area contributed by atoms with E-state index >= 15 is 0 Å². The quantitative estimate of drug-likeness (QED) is 0.395. The molecule has 0 saturated carbocycles. The molecule has 0 spiro atoms. The van der Waals surface area contributed by atoms with Gasteiger partial charge >= 0.3 is 0 Å². The molecule has 2 N–H and O–H groups in total. The highest BCUT2D eigenvalue weighted by molar-refractivity contribution is 7.98. The average Bonchev–Trinajstić information content (AvgIpc) is 2.64. The van der Waals surface area contributed by atoms with Gasteiger partial charge in [-0.3, -0.25) is 9.89 Å². The minimum absolute atomic E-state index is 0.398. The van der Waals surface area contributed by atoms with E-state index in [9.17, 15) is 0 Å². The lowest BCUT2D eigenvalue weighted by Gasteiger charge is -2.40. The van der Waals surface area contributed by atoms with Crippen LogP contribution in [-0.2, 0) is 0 Å². The van der Waals surface area contributed by atoms with Crippen molar-refractivity contribution in [2.75, 3.05) is 45.7 Å². The van der Waals surface area contributed by atoms with Gasteiger partial charge in [-0.15, -0.1) is 0 Å². The molecule has 1 aromatic rings. The largest absolute Gasteiger partial charge is 0.356 e. The summed E-state index contributed by atoms with van der Waals surface area (Å²) in [4.78, 5) is 6.83. The summed E-state index contributed by atoms with van der Waals surface area (Å²) in [6.45, 7) is 3.03. The summed E-state index contributed by atoms with van der Waals surface area (Å²) in [5.74, 6) is 2.68. The SMILES string of the molecule is CN=C(NCCCCSC)NCC1CCCN(C)C1c1cccc(Cl)c1. The van der Waals surface area contributed by atoms with E-state index in [1.54, 1.807) is 0 Å². The van der Waals surface area contributed by atoms with E-state index < -0.39 is 0 Å². The second-order valence-corrected chi connectivity index (χ2v) is 8.38. The van der Waals surface area contributed by atoms with E-state index in [1.807, 2.05) is 24.9 Å². The topological polar surface area (TPSA) is 39.7 Å². The number of hydrogen-bond donors (Lipinski definition) is 2. The molecule has 2 unspecified atom stereocenters. The van der Waals surface area contributed by atoms with Crippen LogP contribution >= 0.6 is 23.4 Å². The Morgan fingerprint density at radius 3 is 2.92 bits per heavy atom. The Balaban J connectivity index is 1.90. The van der Waals surface area contributed by atoms with E-state index in [2.05, 4.69) is 52.0 Å². The summed E-state index contributed by atoms with van der Waals surface area (Å²) in [7, 11) is 4.06. The van der Waals surface area contributed by atoms with Gasteiger partial charge in [0.25, 0.3) is 0 Å². The van der Waals surface area contributed by atoms with E-state index in [0.29, 0.717) is 12.0 Å². The highest BCUT2D eigenvalue weighted by atomic mass is 35.5. The number of thioether (sulfide) groups is 1. The molecule has 0 aromatic heterocycles. The molecule has 1 aliphatic heterocycles. The zero-order valence-electron chi connectivity index (χ0n) is 16.3. The van der Waals surface area contributed by atoms with Gasteiger partial charge in [0.05, 0.1) is 0 Å². The number of aliphatic imine (C=N–C) groups is 1. The van der Waals surface area contributed by atoms with Crippen molar-refractivity contribution in [3.8, 4) is 0 Å². The average molecular weight is 397 g/mol. The predicted molar refractivity (Wildman–Crippen MR) is 117 cm³/mol. The number of rotatable bonds is 8. The van der Waals surface area contributed by atoms with Crippen molar-refractivity contribution in [2.24, 2.45) is 10.9 Å². The fourth-order valence-corrected chi connectivity index (χ4v) is 4.41. The maximum atomic E-state index is 6.24. The summed E-state index contributed by atoms with van der Waals surface area (Å²) in [6, 6.07) is 8.71. The number of benzene rings is 1. The van der Waals surface area contributed by atoms with E-state index in [0.717, 1.165) is 30.6 Å². The smallest absolute Gasteiger partial charge is 0.190 e. The zero-order chi connectivity index (χ0) is 18.8. The lowest BCUT2D eigenvalue weighted by Crippen LogP contribution is -2.45. The Labute approximate surface area is 168 Å². The first-order chi connectivity index (χ1) is 12.7. The molecule has 1 aliphatic rings. The number of guanidine groups is 1. The van der Waals surface area contributed by atoms with Crippen molar-refractivity contribution >= 4 is 29.3 Å². The van der Waals surface area contributed by atoms with Gasteiger partial charge in [-0.2, -0.15) is 11.8 Å². The highest BCUT2D eigenvalue weighted by Crippen LogP contribution is 2.35. The van der Waals surface area contributed by atoms with Crippen molar-refractivity contribution in [3.63, 3.8) is 0 Å². The number of unbranched alkanes of at least 4 members (excludes halogenated alkanes) is 1. The molecule has 1 saturated heterocycles. The number of halogens is 1. The number of hydrogen-bond acceptors (Lipinski definition) is 3. The maximum absolute atomic E-state index is 6.24. The first-order valence-electron chi connectivity index (χ1n) is 9.55. The van der Waals surface area contributed by atoms with Crippen LogP contribution in [0.4, 0.5) is 0 Å². The molecule has 2 atom stereocenters. The van der Waals surface area contributed by atoms with Gasteiger partial charge in [0.2, 0.25) is 0 Å². The molecule has 26 heavy (non-hydrogen) atoms. The molecular formula is C20H33ClN4S. The minimum atomic E-state index is 0.398. The summed E-state index contributed by atoms with van der Waals surface area (Å²) in [5.41, 5.74) is 1.31. The first kappa shape index (κ1) is 21.4. The Morgan fingerprint density at radius 1 is 1.35 bits per heavy atom. The summed E-state index contributed by atoms with van der Waals surface area (Å²) in [5, 5.41) is 7.79. The third-order valence-electron chi connectivity index (χ3n) is 5.02. The minimum Gasteiger partial charge on any atom is -0.356 e. The Kier molecular flexibility index (Phi) is 9.65. The molecule has 1 heterocycles. The third kappa shape index (κ3) is 6.67. The van der Waals surface area contributed by atoms with Crippen LogP contribution in [0.1, 0.15) is 37.3 Å².